The van der Waals surface area contributed by atoms with Gasteiger partial charge in [-0.2, -0.15) is 0 Å². The minimum Gasteiger partial charge on any atom is -0.375 e. The third kappa shape index (κ3) is 3.03. The quantitative estimate of drug-likeness (QED) is 0.511. The lowest BCUT2D eigenvalue weighted by atomic mass is 10.2. The summed E-state index contributed by atoms with van der Waals surface area (Å²) in [6.07, 6.45) is 0. The number of hydrogen-bond donors (Lipinski definition) is 3. The predicted octanol–water partition coefficient (Wildman–Crippen LogP) is 0.957. The smallest absolute Gasteiger partial charge is 0.271 e. The number of halogens is 2. The van der Waals surface area contributed by atoms with Gasteiger partial charge in [0.05, 0.1) is 10.6 Å². The molecular formula is C8H7ClFN3OS. The molecule has 4 N–H and O–H groups in total. The van der Waals surface area contributed by atoms with Crippen molar-refractivity contribution in [3.63, 3.8) is 0 Å². The van der Waals surface area contributed by atoms with Crippen molar-refractivity contribution in [3.05, 3.63) is 34.6 Å². The molecule has 0 saturated heterocycles. The molecule has 4 nitrogen and oxygen atoms in total. The molecular weight excluding hydrogens is 241 g/mol. The van der Waals surface area contributed by atoms with Crippen LogP contribution in [0.5, 0.6) is 0 Å². The van der Waals surface area contributed by atoms with Crippen molar-refractivity contribution in [2.24, 2.45) is 5.73 Å². The summed E-state index contributed by atoms with van der Waals surface area (Å²) in [4.78, 5) is 11.4. The molecule has 0 aliphatic heterocycles. The van der Waals surface area contributed by atoms with Crippen LogP contribution in [0.3, 0.4) is 0 Å². The Morgan fingerprint density at radius 3 is 2.73 bits per heavy atom. The van der Waals surface area contributed by atoms with Crippen LogP contribution in [0.25, 0.3) is 0 Å². The Balaban J connectivity index is 2.82. The molecule has 0 saturated carbocycles. The van der Waals surface area contributed by atoms with Crippen LogP contribution in [0.2, 0.25) is 5.02 Å². The van der Waals surface area contributed by atoms with Gasteiger partial charge < -0.3 is 5.73 Å². The van der Waals surface area contributed by atoms with E-state index in [4.69, 9.17) is 17.3 Å². The molecule has 0 spiro atoms. The van der Waals surface area contributed by atoms with Gasteiger partial charge >= 0.3 is 0 Å². The molecule has 1 amide bonds. The molecule has 0 unspecified atom stereocenters. The van der Waals surface area contributed by atoms with E-state index < -0.39 is 11.7 Å². The average Bonchev–Trinajstić information content (AvgIpc) is 2.18. The van der Waals surface area contributed by atoms with Crippen LogP contribution in [0.4, 0.5) is 4.39 Å². The fraction of sp³-hybridized carbons (Fsp3) is 0. The minimum absolute atomic E-state index is 0.000386. The maximum Gasteiger partial charge on any atom is 0.271 e. The molecule has 1 rings (SSSR count). The second kappa shape index (κ2) is 4.90. The Morgan fingerprint density at radius 1 is 1.47 bits per heavy atom. The summed E-state index contributed by atoms with van der Waals surface area (Å²) in [6.45, 7) is 0. The molecule has 80 valence electrons. The van der Waals surface area contributed by atoms with Gasteiger partial charge in [-0.15, -0.1) is 0 Å². The first-order valence-electron chi connectivity index (χ1n) is 3.82. The Labute approximate surface area is 95.6 Å². The van der Waals surface area contributed by atoms with Gasteiger partial charge in [0, 0.05) is 0 Å². The second-order valence-electron chi connectivity index (χ2n) is 2.54. The maximum atomic E-state index is 13.0. The molecule has 0 heterocycles. The van der Waals surface area contributed by atoms with E-state index in [2.05, 4.69) is 23.1 Å². The number of carbonyl (C=O) groups is 1. The van der Waals surface area contributed by atoms with Gasteiger partial charge in [0.15, 0.2) is 5.11 Å². The summed E-state index contributed by atoms with van der Waals surface area (Å²) in [6, 6.07) is 3.90. The van der Waals surface area contributed by atoms with Gasteiger partial charge in [-0.05, 0) is 24.4 Å². The van der Waals surface area contributed by atoms with Crippen LogP contribution < -0.4 is 16.6 Å². The standard InChI is InChI=1S/C8H7ClFN3OS/c9-6-4(2-1-3-5(6)10)7(14)12-13-8(11)15/h1-3H,(H,12,14)(H3,11,13,15). The maximum absolute atomic E-state index is 13.0. The number of amides is 1. The van der Waals surface area contributed by atoms with Gasteiger partial charge in [0.1, 0.15) is 5.82 Å². The van der Waals surface area contributed by atoms with Crippen LogP contribution in [0, 0.1) is 5.82 Å². The first-order chi connectivity index (χ1) is 7.02. The Kier molecular flexibility index (Phi) is 3.81. The highest BCUT2D eigenvalue weighted by molar-refractivity contribution is 7.80. The predicted molar refractivity (Wildman–Crippen MR) is 58.8 cm³/mol. The Bertz CT molecular complexity index is 413. The third-order valence-electron chi connectivity index (χ3n) is 1.50. The van der Waals surface area contributed by atoms with Crippen molar-refractivity contribution >= 4 is 34.8 Å². The highest BCUT2D eigenvalue weighted by Gasteiger charge is 2.12. The number of rotatable bonds is 1. The number of carbonyl (C=O) groups excluding carboxylic acids is 1. The van der Waals surface area contributed by atoms with Crippen molar-refractivity contribution < 1.29 is 9.18 Å². The van der Waals surface area contributed by atoms with Gasteiger partial charge in [0.25, 0.3) is 5.91 Å². The van der Waals surface area contributed by atoms with Gasteiger partial charge in [-0.3, -0.25) is 15.6 Å². The molecule has 15 heavy (non-hydrogen) atoms. The van der Waals surface area contributed by atoms with Crippen LogP contribution in [-0.4, -0.2) is 11.0 Å². The lowest BCUT2D eigenvalue weighted by Crippen LogP contribution is -2.44. The third-order valence-corrected chi connectivity index (χ3v) is 1.98. The molecule has 0 bridgehead atoms. The van der Waals surface area contributed by atoms with Gasteiger partial charge in [-0.25, -0.2) is 4.39 Å². The van der Waals surface area contributed by atoms with Crippen molar-refractivity contribution in [2.75, 3.05) is 0 Å². The van der Waals surface area contributed by atoms with Gasteiger partial charge in [-0.1, -0.05) is 17.7 Å². The second-order valence-corrected chi connectivity index (χ2v) is 3.36. The Hall–Kier alpha value is -1.40. The largest absolute Gasteiger partial charge is 0.375 e. The summed E-state index contributed by atoms with van der Waals surface area (Å²) in [5, 5.41) is -0.351. The van der Waals surface area contributed by atoms with E-state index in [9.17, 15) is 9.18 Å². The monoisotopic (exact) mass is 247 g/mol. The zero-order chi connectivity index (χ0) is 11.4. The van der Waals surface area contributed by atoms with Crippen LogP contribution in [0.1, 0.15) is 10.4 Å². The highest BCUT2D eigenvalue weighted by Crippen LogP contribution is 2.18. The number of hydrogen-bond acceptors (Lipinski definition) is 2. The van der Waals surface area contributed by atoms with E-state index in [1.54, 1.807) is 0 Å². The van der Waals surface area contributed by atoms with Crippen LogP contribution >= 0.6 is 23.8 Å². The molecule has 0 fully saturated rings. The number of nitrogens with two attached hydrogens (primary N) is 1. The molecule has 1 aromatic carbocycles. The molecule has 0 atom stereocenters. The van der Waals surface area contributed by atoms with Crippen molar-refractivity contribution in [2.45, 2.75) is 0 Å². The summed E-state index contributed by atoms with van der Waals surface area (Å²) in [5.41, 5.74) is 9.46. The molecule has 1 aromatic rings. The van der Waals surface area contributed by atoms with Crippen molar-refractivity contribution in [1.82, 2.24) is 10.9 Å². The number of nitrogens with one attached hydrogen (secondary N) is 2. The number of benzene rings is 1. The molecule has 7 heteroatoms. The Morgan fingerprint density at radius 2 is 2.13 bits per heavy atom. The molecule has 0 aliphatic rings. The highest BCUT2D eigenvalue weighted by atomic mass is 35.5. The normalized spacial score (nSPS) is 9.47. The molecule has 0 radical (unpaired) electrons. The molecule has 0 aliphatic carbocycles. The summed E-state index contributed by atoms with van der Waals surface area (Å²) in [7, 11) is 0. The van der Waals surface area contributed by atoms with Gasteiger partial charge in [0.2, 0.25) is 0 Å². The summed E-state index contributed by atoms with van der Waals surface area (Å²) >= 11 is 10.0. The summed E-state index contributed by atoms with van der Waals surface area (Å²) < 4.78 is 13.0. The van der Waals surface area contributed by atoms with E-state index in [0.29, 0.717) is 0 Å². The first kappa shape index (κ1) is 11.7. The van der Waals surface area contributed by atoms with Crippen LogP contribution in [0.15, 0.2) is 18.2 Å². The fourth-order valence-electron chi connectivity index (χ4n) is 0.865. The topological polar surface area (TPSA) is 67.2 Å². The molecule has 0 aromatic heterocycles. The fourth-order valence-corrected chi connectivity index (χ4v) is 1.13. The van der Waals surface area contributed by atoms with E-state index in [0.717, 1.165) is 6.07 Å². The van der Waals surface area contributed by atoms with E-state index in [1.807, 2.05) is 0 Å². The zero-order valence-electron chi connectivity index (χ0n) is 7.38. The van der Waals surface area contributed by atoms with E-state index >= 15 is 0 Å². The van der Waals surface area contributed by atoms with Crippen molar-refractivity contribution in [3.8, 4) is 0 Å². The first-order valence-corrected chi connectivity index (χ1v) is 4.61. The average molecular weight is 248 g/mol. The van der Waals surface area contributed by atoms with E-state index in [-0.39, 0.29) is 15.7 Å². The lowest BCUT2D eigenvalue weighted by molar-refractivity contribution is 0.0943. The van der Waals surface area contributed by atoms with E-state index in [1.165, 1.54) is 12.1 Å². The zero-order valence-corrected chi connectivity index (χ0v) is 8.95. The lowest BCUT2D eigenvalue weighted by Gasteiger charge is -2.07. The SMILES string of the molecule is NC(=S)NNC(=O)c1cccc(F)c1Cl. The number of thiocarbonyl (C=S) groups is 1. The van der Waals surface area contributed by atoms with Crippen LogP contribution in [-0.2, 0) is 0 Å². The summed E-state index contributed by atoms with van der Waals surface area (Å²) in [5.74, 6) is -1.29. The van der Waals surface area contributed by atoms with Crippen molar-refractivity contribution in [1.29, 1.82) is 0 Å². The minimum atomic E-state index is -0.667. The number of hydrazine groups is 1.